The number of hydrogen-bond donors (Lipinski definition) is 2. The van der Waals surface area contributed by atoms with Gasteiger partial charge in [-0.05, 0) is 26.8 Å². The molecule has 0 bridgehead atoms. The van der Waals surface area contributed by atoms with Gasteiger partial charge in [0.15, 0.2) is 11.6 Å². The Morgan fingerprint density at radius 2 is 2.00 bits per heavy atom. The molecule has 0 fully saturated rings. The van der Waals surface area contributed by atoms with Crippen LogP contribution in [0.25, 0.3) is 0 Å². The van der Waals surface area contributed by atoms with E-state index in [1.807, 2.05) is 0 Å². The van der Waals surface area contributed by atoms with Gasteiger partial charge in [0, 0.05) is 25.2 Å². The standard InChI is InChI=1S/C14H20F2N2O/c1-9(10-6-5-7-11(15)12(10)16)18-8-14(2,3)13(19)17-4/h5-7,9,18H,8H2,1-4H3,(H,17,19)/t9-/m0/s1. The maximum absolute atomic E-state index is 13.6. The number of nitrogens with one attached hydrogen (secondary N) is 2. The van der Waals surface area contributed by atoms with E-state index in [-0.39, 0.29) is 17.5 Å². The summed E-state index contributed by atoms with van der Waals surface area (Å²) < 4.78 is 26.7. The number of carbonyl (C=O) groups is 1. The van der Waals surface area contributed by atoms with E-state index in [1.165, 1.54) is 12.1 Å². The fraction of sp³-hybridized carbons (Fsp3) is 0.500. The molecule has 0 radical (unpaired) electrons. The van der Waals surface area contributed by atoms with E-state index in [4.69, 9.17) is 0 Å². The van der Waals surface area contributed by atoms with Crippen molar-refractivity contribution in [3.63, 3.8) is 0 Å². The highest BCUT2D eigenvalue weighted by Crippen LogP contribution is 2.21. The molecule has 0 saturated heterocycles. The Kier molecular flexibility index (Phi) is 5.00. The van der Waals surface area contributed by atoms with Crippen molar-refractivity contribution in [1.29, 1.82) is 0 Å². The molecule has 0 heterocycles. The van der Waals surface area contributed by atoms with Crippen LogP contribution in [0, 0.1) is 17.0 Å². The van der Waals surface area contributed by atoms with Crippen LogP contribution in [0.3, 0.4) is 0 Å². The minimum atomic E-state index is -0.864. The van der Waals surface area contributed by atoms with Gasteiger partial charge >= 0.3 is 0 Å². The number of halogens is 2. The topological polar surface area (TPSA) is 41.1 Å². The molecule has 1 aromatic rings. The first-order chi connectivity index (χ1) is 8.79. The lowest BCUT2D eigenvalue weighted by Gasteiger charge is -2.25. The van der Waals surface area contributed by atoms with Crippen LogP contribution in [-0.4, -0.2) is 19.5 Å². The monoisotopic (exact) mass is 270 g/mol. The number of hydrogen-bond acceptors (Lipinski definition) is 2. The van der Waals surface area contributed by atoms with Gasteiger partial charge in [0.05, 0.1) is 5.41 Å². The normalized spacial score (nSPS) is 13.2. The number of amides is 1. The molecule has 0 unspecified atom stereocenters. The Labute approximate surface area is 112 Å². The fourth-order valence-electron chi connectivity index (χ4n) is 1.79. The summed E-state index contributed by atoms with van der Waals surface area (Å²) in [6.45, 7) is 5.67. The second-order valence-corrected chi connectivity index (χ2v) is 5.21. The molecule has 0 saturated carbocycles. The van der Waals surface area contributed by atoms with Crippen molar-refractivity contribution in [2.45, 2.75) is 26.8 Å². The van der Waals surface area contributed by atoms with Gasteiger partial charge in [0.1, 0.15) is 0 Å². The highest BCUT2D eigenvalue weighted by Gasteiger charge is 2.27. The third-order valence-electron chi connectivity index (χ3n) is 3.14. The van der Waals surface area contributed by atoms with Gasteiger partial charge in [0.25, 0.3) is 0 Å². The summed E-state index contributed by atoms with van der Waals surface area (Å²) in [5, 5.41) is 5.63. The van der Waals surface area contributed by atoms with Gasteiger partial charge in [-0.3, -0.25) is 4.79 Å². The van der Waals surface area contributed by atoms with E-state index in [0.717, 1.165) is 6.07 Å². The minimum Gasteiger partial charge on any atom is -0.359 e. The molecular weight excluding hydrogens is 250 g/mol. The van der Waals surface area contributed by atoms with E-state index in [2.05, 4.69) is 10.6 Å². The maximum atomic E-state index is 13.6. The van der Waals surface area contributed by atoms with E-state index in [0.29, 0.717) is 6.54 Å². The average molecular weight is 270 g/mol. The highest BCUT2D eigenvalue weighted by atomic mass is 19.2. The number of rotatable bonds is 5. The van der Waals surface area contributed by atoms with E-state index >= 15 is 0 Å². The molecule has 106 valence electrons. The van der Waals surface area contributed by atoms with Gasteiger partial charge in [-0.1, -0.05) is 12.1 Å². The number of benzene rings is 1. The molecule has 1 aromatic carbocycles. The second kappa shape index (κ2) is 6.10. The average Bonchev–Trinajstić information content (AvgIpc) is 2.38. The predicted octanol–water partition coefficient (Wildman–Crippen LogP) is 2.39. The van der Waals surface area contributed by atoms with Crippen molar-refractivity contribution in [1.82, 2.24) is 10.6 Å². The van der Waals surface area contributed by atoms with Gasteiger partial charge in [-0.25, -0.2) is 8.78 Å². The van der Waals surface area contributed by atoms with Gasteiger partial charge in [-0.2, -0.15) is 0 Å². The zero-order valence-electron chi connectivity index (χ0n) is 11.7. The summed E-state index contributed by atoms with van der Waals surface area (Å²) >= 11 is 0. The smallest absolute Gasteiger partial charge is 0.226 e. The molecule has 3 nitrogen and oxygen atoms in total. The van der Waals surface area contributed by atoms with Crippen LogP contribution in [0.5, 0.6) is 0 Å². The lowest BCUT2D eigenvalue weighted by atomic mass is 9.91. The Bertz CT molecular complexity index is 461. The highest BCUT2D eigenvalue weighted by molar-refractivity contribution is 5.81. The molecule has 1 atom stereocenters. The van der Waals surface area contributed by atoms with Crippen LogP contribution in [0.15, 0.2) is 18.2 Å². The summed E-state index contributed by atoms with van der Waals surface area (Å²) in [5.74, 6) is -1.82. The molecule has 19 heavy (non-hydrogen) atoms. The molecule has 0 aliphatic rings. The molecule has 0 aliphatic carbocycles. The second-order valence-electron chi connectivity index (χ2n) is 5.21. The van der Waals surface area contributed by atoms with Crippen LogP contribution < -0.4 is 10.6 Å². The third-order valence-corrected chi connectivity index (χ3v) is 3.14. The minimum absolute atomic E-state index is 0.105. The molecule has 1 rings (SSSR count). The molecule has 0 spiro atoms. The summed E-state index contributed by atoms with van der Waals surface area (Å²) in [6.07, 6.45) is 0. The summed E-state index contributed by atoms with van der Waals surface area (Å²) in [5.41, 5.74) is -0.361. The lowest BCUT2D eigenvalue weighted by Crippen LogP contribution is -2.42. The van der Waals surface area contributed by atoms with Crippen molar-refractivity contribution in [2.24, 2.45) is 5.41 Å². The van der Waals surface area contributed by atoms with Gasteiger partial charge in [0.2, 0.25) is 5.91 Å². The van der Waals surface area contributed by atoms with Crippen LogP contribution in [0.1, 0.15) is 32.4 Å². The van der Waals surface area contributed by atoms with Crippen molar-refractivity contribution >= 4 is 5.91 Å². The van der Waals surface area contributed by atoms with Crippen molar-refractivity contribution in [3.8, 4) is 0 Å². The van der Waals surface area contributed by atoms with Gasteiger partial charge < -0.3 is 10.6 Å². The molecule has 0 aliphatic heterocycles. The Morgan fingerprint density at radius 1 is 1.37 bits per heavy atom. The van der Waals surface area contributed by atoms with Crippen molar-refractivity contribution in [3.05, 3.63) is 35.4 Å². The summed E-state index contributed by atoms with van der Waals surface area (Å²) in [6, 6.07) is 3.71. The number of carbonyl (C=O) groups excluding carboxylic acids is 1. The van der Waals surface area contributed by atoms with Crippen LogP contribution in [0.4, 0.5) is 8.78 Å². The first-order valence-electron chi connectivity index (χ1n) is 6.19. The van der Waals surface area contributed by atoms with Crippen LogP contribution in [0.2, 0.25) is 0 Å². The third kappa shape index (κ3) is 3.73. The van der Waals surface area contributed by atoms with E-state index in [9.17, 15) is 13.6 Å². The summed E-state index contributed by atoms with van der Waals surface area (Å²) in [7, 11) is 1.57. The van der Waals surface area contributed by atoms with E-state index < -0.39 is 17.0 Å². The zero-order valence-corrected chi connectivity index (χ0v) is 11.7. The first-order valence-corrected chi connectivity index (χ1v) is 6.19. The molecular formula is C14H20F2N2O. The molecule has 0 aromatic heterocycles. The van der Waals surface area contributed by atoms with Crippen molar-refractivity contribution < 1.29 is 13.6 Å². The fourth-order valence-corrected chi connectivity index (χ4v) is 1.79. The summed E-state index contributed by atoms with van der Waals surface area (Å²) in [4.78, 5) is 11.6. The van der Waals surface area contributed by atoms with Gasteiger partial charge in [-0.15, -0.1) is 0 Å². The quantitative estimate of drug-likeness (QED) is 0.862. The predicted molar refractivity (Wildman–Crippen MR) is 70.6 cm³/mol. The Hall–Kier alpha value is -1.49. The largest absolute Gasteiger partial charge is 0.359 e. The van der Waals surface area contributed by atoms with E-state index in [1.54, 1.807) is 27.8 Å². The van der Waals surface area contributed by atoms with Crippen LogP contribution >= 0.6 is 0 Å². The molecule has 2 N–H and O–H groups in total. The Morgan fingerprint density at radius 3 is 2.58 bits per heavy atom. The molecule has 1 amide bonds. The Balaban J connectivity index is 2.73. The zero-order chi connectivity index (χ0) is 14.6. The van der Waals surface area contributed by atoms with Crippen molar-refractivity contribution in [2.75, 3.05) is 13.6 Å². The lowest BCUT2D eigenvalue weighted by molar-refractivity contribution is -0.128. The SMILES string of the molecule is CNC(=O)C(C)(C)CN[C@@H](C)c1cccc(F)c1F. The molecule has 5 heteroatoms. The first kappa shape index (κ1) is 15.6. The maximum Gasteiger partial charge on any atom is 0.226 e. The van der Waals surface area contributed by atoms with Crippen LogP contribution in [-0.2, 0) is 4.79 Å².